The van der Waals surface area contributed by atoms with Crippen molar-refractivity contribution >= 4 is 51.5 Å². The number of aromatic nitrogens is 1. The first kappa shape index (κ1) is 35.4. The van der Waals surface area contributed by atoms with Gasteiger partial charge in [0.25, 0.3) is 0 Å². The molecular formula is C35H35ClF2N4O4S. The van der Waals surface area contributed by atoms with Crippen molar-refractivity contribution in [3.05, 3.63) is 123 Å². The van der Waals surface area contributed by atoms with Crippen molar-refractivity contribution in [3.63, 3.8) is 0 Å². The van der Waals surface area contributed by atoms with Gasteiger partial charge in [-0.3, -0.25) is 19.3 Å². The molecular weight excluding hydrogens is 646 g/mol. The van der Waals surface area contributed by atoms with E-state index in [0.29, 0.717) is 34.6 Å². The van der Waals surface area contributed by atoms with Crippen LogP contribution in [0.1, 0.15) is 40.9 Å². The van der Waals surface area contributed by atoms with Gasteiger partial charge in [-0.1, -0.05) is 62.4 Å². The minimum absolute atomic E-state index is 0. The van der Waals surface area contributed by atoms with Crippen LogP contribution in [0.3, 0.4) is 0 Å². The molecule has 2 heterocycles. The molecule has 0 aliphatic carbocycles. The minimum Gasteiger partial charge on any atom is -0.334 e. The van der Waals surface area contributed by atoms with Gasteiger partial charge in [0, 0.05) is 41.3 Å². The Balaban J connectivity index is 0.00000500. The standard InChI is InChI=1S/C35H34F2N4O4S.ClH/c1-21(2)31(42)27-20-41(19-25-28(36)11-8-12-29(25)37)34-30(32(27)43)26(18-40(3)17-22-9-6-5-7-10-22)33(46-34)23-13-15-24(16-14-23)38-35(44)39-45-4;/h5-16,20-21H,17-19H2,1-4H3,(H2,38,39,44);1H. The molecule has 3 aromatic carbocycles. The molecule has 0 atom stereocenters. The Morgan fingerprint density at radius 3 is 2.21 bits per heavy atom. The van der Waals surface area contributed by atoms with Gasteiger partial charge in [-0.2, -0.15) is 0 Å². The molecule has 0 unspecified atom stereocenters. The number of Topliss-reactive ketones (excluding diaryl/α,β-unsaturated/α-hetero) is 1. The Hall–Kier alpha value is -4.42. The summed E-state index contributed by atoms with van der Waals surface area (Å²) < 4.78 is 31.4. The number of amides is 2. The zero-order valence-corrected chi connectivity index (χ0v) is 27.9. The van der Waals surface area contributed by atoms with Crippen LogP contribution in [-0.2, 0) is 24.5 Å². The lowest BCUT2D eigenvalue weighted by atomic mass is 9.99. The number of nitrogens with zero attached hydrogens (tertiary/aromatic N) is 2. The van der Waals surface area contributed by atoms with Crippen molar-refractivity contribution in [2.75, 3.05) is 19.5 Å². The number of carbonyl (C=O) groups excluding carboxylic acids is 2. The number of nitrogens with one attached hydrogen (secondary N) is 2. The van der Waals surface area contributed by atoms with E-state index in [1.54, 1.807) is 30.5 Å². The number of urea groups is 1. The highest BCUT2D eigenvalue weighted by Crippen LogP contribution is 2.39. The van der Waals surface area contributed by atoms with E-state index >= 15 is 0 Å². The minimum atomic E-state index is -0.719. The van der Waals surface area contributed by atoms with Gasteiger partial charge in [-0.05, 0) is 48.0 Å². The van der Waals surface area contributed by atoms with Crippen molar-refractivity contribution in [3.8, 4) is 10.4 Å². The molecule has 0 spiro atoms. The number of ketones is 1. The van der Waals surface area contributed by atoms with Crippen molar-refractivity contribution in [1.29, 1.82) is 0 Å². The number of thiophene rings is 1. The second-order valence-electron chi connectivity index (χ2n) is 11.3. The molecule has 8 nitrogen and oxygen atoms in total. The molecule has 0 radical (unpaired) electrons. The monoisotopic (exact) mass is 680 g/mol. The van der Waals surface area contributed by atoms with Gasteiger partial charge in [-0.25, -0.2) is 19.1 Å². The lowest BCUT2D eigenvalue weighted by Gasteiger charge is -2.18. The van der Waals surface area contributed by atoms with Crippen LogP contribution in [0.5, 0.6) is 0 Å². The second kappa shape index (κ2) is 15.4. The highest BCUT2D eigenvalue weighted by atomic mass is 35.5. The Labute approximate surface area is 281 Å². The number of fused-ring (bicyclic) bond motifs is 1. The maximum atomic E-state index is 14.9. The summed E-state index contributed by atoms with van der Waals surface area (Å²) in [6.45, 7) is 4.15. The molecule has 47 heavy (non-hydrogen) atoms. The molecule has 246 valence electrons. The second-order valence-corrected chi connectivity index (χ2v) is 12.3. The maximum Gasteiger partial charge on any atom is 0.343 e. The van der Waals surface area contributed by atoms with Gasteiger partial charge in [0.1, 0.15) is 16.5 Å². The summed E-state index contributed by atoms with van der Waals surface area (Å²) in [5.74, 6) is -2.26. The predicted molar refractivity (Wildman–Crippen MR) is 184 cm³/mol. The number of hydrogen-bond donors (Lipinski definition) is 2. The van der Waals surface area contributed by atoms with Crippen molar-refractivity contribution in [2.45, 2.75) is 33.5 Å². The smallest absolute Gasteiger partial charge is 0.334 e. The van der Waals surface area contributed by atoms with E-state index in [0.717, 1.165) is 16.0 Å². The van der Waals surface area contributed by atoms with E-state index in [4.69, 9.17) is 0 Å². The van der Waals surface area contributed by atoms with Crippen LogP contribution >= 0.6 is 23.7 Å². The fourth-order valence-electron chi connectivity index (χ4n) is 5.31. The lowest BCUT2D eigenvalue weighted by molar-refractivity contribution is 0.0937. The summed E-state index contributed by atoms with van der Waals surface area (Å²) in [4.78, 5) is 47.5. The normalized spacial score (nSPS) is 11.1. The predicted octanol–water partition coefficient (Wildman–Crippen LogP) is 7.63. The van der Waals surface area contributed by atoms with E-state index < -0.39 is 29.0 Å². The summed E-state index contributed by atoms with van der Waals surface area (Å²) in [5.41, 5.74) is 4.64. The number of benzene rings is 3. The highest BCUT2D eigenvalue weighted by Gasteiger charge is 2.26. The van der Waals surface area contributed by atoms with Gasteiger partial charge < -0.3 is 9.88 Å². The fourth-order valence-corrected chi connectivity index (χ4v) is 6.60. The summed E-state index contributed by atoms with van der Waals surface area (Å²) >= 11 is 1.31. The lowest BCUT2D eigenvalue weighted by Crippen LogP contribution is -2.27. The van der Waals surface area contributed by atoms with Gasteiger partial charge in [0.15, 0.2) is 5.78 Å². The number of hydrogen-bond acceptors (Lipinski definition) is 6. The van der Waals surface area contributed by atoms with Gasteiger partial charge >= 0.3 is 6.03 Å². The van der Waals surface area contributed by atoms with Crippen molar-refractivity contribution < 1.29 is 23.2 Å². The van der Waals surface area contributed by atoms with Crippen LogP contribution < -0.4 is 16.2 Å². The van der Waals surface area contributed by atoms with Crippen molar-refractivity contribution in [1.82, 2.24) is 14.9 Å². The SMILES string of the molecule is CONC(=O)Nc1ccc(-c2sc3c(c2CN(C)Cc2ccccc2)c(=O)c(C(=O)C(C)C)cn3Cc2c(F)cccc2F)cc1.Cl. The Kier molecular flexibility index (Phi) is 11.6. The molecule has 2 N–H and O–H groups in total. The van der Waals surface area contributed by atoms with E-state index in [9.17, 15) is 23.2 Å². The molecule has 0 bridgehead atoms. The molecule has 0 aliphatic heterocycles. The Bertz CT molecular complexity index is 1930. The van der Waals surface area contributed by atoms with E-state index in [1.165, 1.54) is 42.8 Å². The van der Waals surface area contributed by atoms with Crippen LogP contribution in [0.2, 0.25) is 0 Å². The van der Waals surface area contributed by atoms with E-state index in [2.05, 4.69) is 20.5 Å². The molecule has 5 aromatic rings. The zero-order chi connectivity index (χ0) is 33.0. The van der Waals surface area contributed by atoms with Gasteiger partial charge in [-0.15, -0.1) is 23.7 Å². The van der Waals surface area contributed by atoms with Crippen molar-refractivity contribution in [2.24, 2.45) is 5.92 Å². The first-order valence-corrected chi connectivity index (χ1v) is 15.5. The van der Waals surface area contributed by atoms with Gasteiger partial charge in [0.2, 0.25) is 5.43 Å². The number of hydroxylamine groups is 1. The van der Waals surface area contributed by atoms with Crippen LogP contribution in [0, 0.1) is 17.6 Å². The molecule has 2 amide bonds. The summed E-state index contributed by atoms with van der Waals surface area (Å²) in [6, 6.07) is 20.1. The number of halogens is 3. The molecule has 5 rings (SSSR count). The Morgan fingerprint density at radius 1 is 0.936 bits per heavy atom. The topological polar surface area (TPSA) is 92.7 Å². The first-order valence-electron chi connectivity index (χ1n) is 14.7. The summed E-state index contributed by atoms with van der Waals surface area (Å²) in [5, 5.41) is 3.00. The number of carbonyl (C=O) groups is 2. The number of rotatable bonds is 11. The molecule has 0 aliphatic rings. The van der Waals surface area contributed by atoms with E-state index in [-0.39, 0.29) is 35.9 Å². The van der Waals surface area contributed by atoms with Gasteiger partial charge in [0.05, 0.1) is 24.6 Å². The fraction of sp³-hybridized carbons (Fsp3) is 0.229. The third-order valence-corrected chi connectivity index (χ3v) is 8.83. The molecule has 0 fully saturated rings. The molecule has 12 heteroatoms. The van der Waals surface area contributed by atoms with Crippen LogP contribution in [0.25, 0.3) is 20.7 Å². The largest absolute Gasteiger partial charge is 0.343 e. The summed E-state index contributed by atoms with van der Waals surface area (Å²) in [6.07, 6.45) is 1.43. The Morgan fingerprint density at radius 2 is 1.60 bits per heavy atom. The maximum absolute atomic E-state index is 14.9. The molecule has 0 saturated carbocycles. The average Bonchev–Trinajstić information content (AvgIpc) is 3.40. The highest BCUT2D eigenvalue weighted by molar-refractivity contribution is 7.22. The number of anilines is 1. The first-order chi connectivity index (χ1) is 22.1. The third kappa shape index (κ3) is 7.94. The molecule has 0 saturated heterocycles. The van der Waals surface area contributed by atoms with Crippen LogP contribution in [0.15, 0.2) is 83.8 Å². The summed E-state index contributed by atoms with van der Waals surface area (Å²) in [7, 11) is 3.27. The molecule has 2 aromatic heterocycles. The zero-order valence-electron chi connectivity index (χ0n) is 26.3. The third-order valence-electron chi connectivity index (χ3n) is 7.51. The van der Waals surface area contributed by atoms with Crippen LogP contribution in [-0.4, -0.2) is 35.4 Å². The quantitative estimate of drug-likeness (QED) is 0.111. The number of pyridine rings is 1. The van der Waals surface area contributed by atoms with Crippen LogP contribution in [0.4, 0.5) is 19.3 Å². The van der Waals surface area contributed by atoms with E-state index in [1.807, 2.05) is 49.5 Å². The average molecular weight is 681 g/mol.